The number of para-hydroxylation sites is 1. The molecule has 2 aromatic carbocycles. The molecule has 1 N–H and O–H groups in total. The third-order valence-electron chi connectivity index (χ3n) is 3.07. The van der Waals surface area contributed by atoms with E-state index in [1.54, 1.807) is 12.1 Å². The predicted octanol–water partition coefficient (Wildman–Crippen LogP) is 3.90. The molecule has 0 amide bonds. The maximum atomic E-state index is 10.8. The van der Waals surface area contributed by atoms with Crippen LogP contribution >= 0.6 is 15.9 Å². The summed E-state index contributed by atoms with van der Waals surface area (Å²) < 4.78 is 5.51. The Morgan fingerprint density at radius 1 is 1.05 bits per heavy atom. The molecule has 3 nitrogen and oxygen atoms in total. The summed E-state index contributed by atoms with van der Waals surface area (Å²) in [6.45, 7) is 0. The number of carbonyl (C=O) groups is 1. The van der Waals surface area contributed by atoms with Crippen molar-refractivity contribution < 1.29 is 14.6 Å². The summed E-state index contributed by atoms with van der Waals surface area (Å²) in [6, 6.07) is 14.9. The van der Waals surface area contributed by atoms with Crippen molar-refractivity contribution in [1.82, 2.24) is 0 Å². The van der Waals surface area contributed by atoms with Crippen LogP contribution in [-0.2, 0) is 12.8 Å². The van der Waals surface area contributed by atoms with Crippen LogP contribution in [0.3, 0.4) is 0 Å². The Morgan fingerprint density at radius 3 is 2.40 bits per heavy atom. The van der Waals surface area contributed by atoms with Crippen molar-refractivity contribution in [1.29, 1.82) is 0 Å². The lowest BCUT2D eigenvalue weighted by atomic mass is 10.0. The van der Waals surface area contributed by atoms with Gasteiger partial charge in [0, 0.05) is 0 Å². The van der Waals surface area contributed by atoms with Gasteiger partial charge in [-0.15, -0.1) is 0 Å². The number of carboxylic acids is 1. The van der Waals surface area contributed by atoms with Gasteiger partial charge in [-0.3, -0.25) is 0 Å². The first-order valence-electron chi connectivity index (χ1n) is 6.29. The highest BCUT2D eigenvalue weighted by atomic mass is 79.9. The summed E-state index contributed by atoms with van der Waals surface area (Å²) in [5.41, 5.74) is 3.05. The zero-order valence-electron chi connectivity index (χ0n) is 10.9. The third kappa shape index (κ3) is 3.84. The van der Waals surface area contributed by atoms with Crippen LogP contribution in [0, 0.1) is 0 Å². The number of hydrogen-bond donors (Lipinski definition) is 1. The molecule has 4 heteroatoms. The molecule has 0 bridgehead atoms. The number of alkyl halides is 1. The molecule has 0 fully saturated rings. The zero-order valence-corrected chi connectivity index (χ0v) is 12.5. The van der Waals surface area contributed by atoms with E-state index in [9.17, 15) is 4.79 Å². The first-order chi connectivity index (χ1) is 9.70. The molecule has 2 rings (SSSR count). The molecule has 0 unspecified atom stereocenters. The highest BCUT2D eigenvalue weighted by Gasteiger charge is 2.05. The average molecular weight is 335 g/mol. The largest absolute Gasteiger partial charge is 0.482 e. The van der Waals surface area contributed by atoms with Crippen LogP contribution < -0.4 is 4.74 Å². The molecule has 0 saturated carbocycles. The topological polar surface area (TPSA) is 46.5 Å². The Kier molecular flexibility index (Phi) is 5.18. The fourth-order valence-corrected chi connectivity index (χ4v) is 2.25. The number of ether oxygens (including phenoxy) is 1. The summed E-state index contributed by atoms with van der Waals surface area (Å²) in [4.78, 5) is 10.8. The second-order valence-electron chi connectivity index (χ2n) is 4.36. The van der Waals surface area contributed by atoms with Gasteiger partial charge in [0.1, 0.15) is 11.3 Å². The fraction of sp³-hybridized carbons (Fsp3) is 0.188. The molecule has 0 spiro atoms. The van der Waals surface area contributed by atoms with Gasteiger partial charge >= 0.3 is 5.97 Å². The normalized spacial score (nSPS) is 10.2. The summed E-state index contributed by atoms with van der Waals surface area (Å²) in [6.07, 6.45) is 1.71. The molecule has 0 aromatic heterocycles. The number of rotatable bonds is 6. The molecule has 104 valence electrons. The van der Waals surface area contributed by atoms with Crippen molar-refractivity contribution in [3.05, 3.63) is 65.2 Å². The van der Waals surface area contributed by atoms with Crippen molar-refractivity contribution in [2.75, 3.05) is 5.52 Å². The van der Waals surface area contributed by atoms with Crippen molar-refractivity contribution in [2.24, 2.45) is 0 Å². The number of aromatic carboxylic acids is 1. The molecular formula is C16H15BrO3. The van der Waals surface area contributed by atoms with Gasteiger partial charge in [0.05, 0.1) is 5.56 Å². The van der Waals surface area contributed by atoms with E-state index >= 15 is 0 Å². The Balaban J connectivity index is 2.03. The summed E-state index contributed by atoms with van der Waals surface area (Å²) in [5, 5.41) is 8.86. The molecule has 0 saturated heterocycles. The second kappa shape index (κ2) is 7.10. The molecule has 0 aliphatic heterocycles. The highest BCUT2D eigenvalue weighted by molar-refractivity contribution is 9.09. The Morgan fingerprint density at radius 2 is 1.75 bits per heavy atom. The number of benzene rings is 2. The van der Waals surface area contributed by atoms with E-state index in [0.29, 0.717) is 11.1 Å². The van der Waals surface area contributed by atoms with Crippen LogP contribution in [-0.4, -0.2) is 16.6 Å². The summed E-state index contributed by atoms with van der Waals surface area (Å²) in [5.74, 6) is -0.0147. The standard InChI is InChI=1S/C16H15BrO3/c17-11-20-15-4-2-1-3-13(15)8-5-12-6-9-14(10-7-12)16(18)19/h1-4,6-7,9-10H,5,8,11H2,(H,18,19). The molecule has 0 radical (unpaired) electrons. The summed E-state index contributed by atoms with van der Waals surface area (Å²) >= 11 is 3.26. The maximum absolute atomic E-state index is 10.8. The van der Waals surface area contributed by atoms with Gasteiger partial charge in [0.15, 0.2) is 0 Å². The van der Waals surface area contributed by atoms with Gasteiger partial charge in [-0.05, 0) is 58.1 Å². The van der Waals surface area contributed by atoms with Crippen LogP contribution in [0.2, 0.25) is 0 Å². The van der Waals surface area contributed by atoms with Gasteiger partial charge in [0.25, 0.3) is 0 Å². The lowest BCUT2D eigenvalue weighted by molar-refractivity contribution is 0.0697. The Bertz CT molecular complexity index is 579. The van der Waals surface area contributed by atoms with E-state index in [4.69, 9.17) is 9.84 Å². The van der Waals surface area contributed by atoms with Crippen molar-refractivity contribution in [3.63, 3.8) is 0 Å². The third-order valence-corrected chi connectivity index (χ3v) is 3.30. The minimum atomic E-state index is -0.896. The van der Waals surface area contributed by atoms with E-state index < -0.39 is 5.97 Å². The number of halogens is 1. The van der Waals surface area contributed by atoms with Gasteiger partial charge in [0.2, 0.25) is 0 Å². The Hall–Kier alpha value is -1.81. The number of carboxylic acid groups (broad SMARTS) is 1. The van der Waals surface area contributed by atoms with Crippen LogP contribution in [0.25, 0.3) is 0 Å². The van der Waals surface area contributed by atoms with Gasteiger partial charge in [-0.1, -0.05) is 30.3 Å². The monoisotopic (exact) mass is 334 g/mol. The number of aryl methyl sites for hydroxylation is 2. The highest BCUT2D eigenvalue weighted by Crippen LogP contribution is 2.20. The van der Waals surface area contributed by atoms with Crippen molar-refractivity contribution in [2.45, 2.75) is 12.8 Å². The van der Waals surface area contributed by atoms with Crippen LogP contribution in [0.1, 0.15) is 21.5 Å². The van der Waals surface area contributed by atoms with E-state index in [1.165, 1.54) is 0 Å². The molecule has 0 aliphatic carbocycles. The SMILES string of the molecule is O=C(O)c1ccc(CCc2ccccc2OCBr)cc1. The molecule has 0 atom stereocenters. The summed E-state index contributed by atoms with van der Waals surface area (Å²) in [7, 11) is 0. The average Bonchev–Trinajstić information content (AvgIpc) is 2.47. The maximum Gasteiger partial charge on any atom is 0.335 e. The zero-order chi connectivity index (χ0) is 14.4. The van der Waals surface area contributed by atoms with E-state index in [-0.39, 0.29) is 0 Å². The smallest absolute Gasteiger partial charge is 0.335 e. The first-order valence-corrected chi connectivity index (χ1v) is 7.42. The van der Waals surface area contributed by atoms with Crippen molar-refractivity contribution in [3.8, 4) is 5.75 Å². The minimum Gasteiger partial charge on any atom is -0.482 e. The van der Waals surface area contributed by atoms with Crippen LogP contribution in [0.5, 0.6) is 5.75 Å². The van der Waals surface area contributed by atoms with Crippen LogP contribution in [0.4, 0.5) is 0 Å². The van der Waals surface area contributed by atoms with E-state index in [2.05, 4.69) is 15.9 Å². The second-order valence-corrected chi connectivity index (χ2v) is 4.82. The van der Waals surface area contributed by atoms with E-state index in [1.807, 2.05) is 36.4 Å². The Labute approximate surface area is 126 Å². The van der Waals surface area contributed by atoms with Gasteiger partial charge in [-0.25, -0.2) is 4.79 Å². The molecule has 2 aromatic rings. The van der Waals surface area contributed by atoms with Gasteiger partial charge < -0.3 is 9.84 Å². The predicted molar refractivity (Wildman–Crippen MR) is 81.7 cm³/mol. The van der Waals surface area contributed by atoms with E-state index in [0.717, 1.165) is 29.7 Å². The molecule has 0 aliphatic rings. The fourth-order valence-electron chi connectivity index (χ4n) is 2.00. The molecule has 0 heterocycles. The lowest BCUT2D eigenvalue weighted by Gasteiger charge is -2.09. The van der Waals surface area contributed by atoms with Crippen molar-refractivity contribution >= 4 is 21.9 Å². The minimum absolute atomic E-state index is 0.316. The van der Waals surface area contributed by atoms with Crippen LogP contribution in [0.15, 0.2) is 48.5 Å². The molecule has 20 heavy (non-hydrogen) atoms. The molecular weight excluding hydrogens is 320 g/mol. The quantitative estimate of drug-likeness (QED) is 0.815. The number of hydrogen-bond acceptors (Lipinski definition) is 2. The van der Waals surface area contributed by atoms with Gasteiger partial charge in [-0.2, -0.15) is 0 Å². The lowest BCUT2D eigenvalue weighted by Crippen LogP contribution is -1.99. The first kappa shape index (κ1) is 14.6.